The second kappa shape index (κ2) is 2.66. The lowest BCUT2D eigenvalue weighted by Crippen LogP contribution is -2.30. The lowest BCUT2D eigenvalue weighted by atomic mass is 9.74. The van der Waals surface area contributed by atoms with Crippen LogP contribution in [0.15, 0.2) is 18.5 Å². The van der Waals surface area contributed by atoms with Crippen LogP contribution in [0.5, 0.6) is 0 Å². The number of carbonyl (C=O) groups excluding carboxylic acids is 1. The first-order valence-electron chi connectivity index (χ1n) is 4.59. The summed E-state index contributed by atoms with van der Waals surface area (Å²) < 4.78 is 0. The van der Waals surface area contributed by atoms with Crippen LogP contribution in [-0.4, -0.2) is 10.8 Å². The second-order valence-electron chi connectivity index (χ2n) is 4.25. The molecule has 68 valence electrons. The predicted octanol–water partition coefficient (Wildman–Crippen LogP) is 2.24. The Hall–Kier alpha value is -1.18. The first-order valence-corrected chi connectivity index (χ1v) is 4.59. The van der Waals surface area contributed by atoms with Gasteiger partial charge in [0.1, 0.15) is 0 Å². The molecule has 0 amide bonds. The number of nitrogens with zero attached hydrogens (tertiary/aromatic N) is 1. The van der Waals surface area contributed by atoms with Crippen LogP contribution >= 0.6 is 0 Å². The third-order valence-electron chi connectivity index (χ3n) is 2.78. The van der Waals surface area contributed by atoms with Crippen molar-refractivity contribution in [3.63, 3.8) is 0 Å². The number of ketones is 1. The molecular weight excluding hydrogens is 162 g/mol. The van der Waals surface area contributed by atoms with E-state index in [1.807, 2.05) is 26.1 Å². The largest absolute Gasteiger partial charge is 0.294 e. The zero-order chi connectivity index (χ0) is 9.47. The molecule has 1 aliphatic rings. The standard InChI is InChI=1S/C11H13NO/c1-11(2)5-3-8-7-12-6-4-9(8)10(11)13/h4,6-7H,3,5H2,1-2H3. The van der Waals surface area contributed by atoms with Gasteiger partial charge in [0, 0.05) is 23.4 Å². The van der Waals surface area contributed by atoms with Crippen molar-refractivity contribution in [2.75, 3.05) is 0 Å². The summed E-state index contributed by atoms with van der Waals surface area (Å²) >= 11 is 0. The highest BCUT2D eigenvalue weighted by Crippen LogP contribution is 2.33. The van der Waals surface area contributed by atoms with Gasteiger partial charge in [-0.1, -0.05) is 13.8 Å². The maximum absolute atomic E-state index is 11.9. The van der Waals surface area contributed by atoms with E-state index in [1.54, 1.807) is 6.20 Å². The predicted molar refractivity (Wildman–Crippen MR) is 50.7 cm³/mol. The Kier molecular flexibility index (Phi) is 1.72. The van der Waals surface area contributed by atoms with Crippen molar-refractivity contribution < 1.29 is 4.79 Å². The van der Waals surface area contributed by atoms with Gasteiger partial charge in [-0.05, 0) is 24.5 Å². The van der Waals surface area contributed by atoms with Gasteiger partial charge < -0.3 is 0 Å². The minimum atomic E-state index is -0.186. The third kappa shape index (κ3) is 1.26. The van der Waals surface area contributed by atoms with Crippen LogP contribution in [0.4, 0.5) is 0 Å². The molecule has 1 aliphatic carbocycles. The Bertz CT molecular complexity index is 355. The number of rotatable bonds is 0. The van der Waals surface area contributed by atoms with Crippen LogP contribution in [0, 0.1) is 5.41 Å². The number of fused-ring (bicyclic) bond motifs is 1. The van der Waals surface area contributed by atoms with Gasteiger partial charge in [-0.3, -0.25) is 9.78 Å². The molecule has 0 unspecified atom stereocenters. The van der Waals surface area contributed by atoms with Gasteiger partial charge in [-0.15, -0.1) is 0 Å². The van der Waals surface area contributed by atoms with Gasteiger partial charge in [0.05, 0.1) is 0 Å². The highest BCUT2D eigenvalue weighted by Gasteiger charge is 2.33. The highest BCUT2D eigenvalue weighted by molar-refractivity contribution is 6.02. The van der Waals surface area contributed by atoms with E-state index >= 15 is 0 Å². The maximum atomic E-state index is 11.9. The average Bonchev–Trinajstić information content (AvgIpc) is 2.13. The Balaban J connectivity index is 2.52. The molecule has 0 aromatic carbocycles. The SMILES string of the molecule is CC1(C)CCc2cnccc2C1=O. The summed E-state index contributed by atoms with van der Waals surface area (Å²) in [5, 5.41) is 0. The van der Waals surface area contributed by atoms with Crippen molar-refractivity contribution in [3.8, 4) is 0 Å². The molecular formula is C11H13NO. The minimum Gasteiger partial charge on any atom is -0.294 e. The molecule has 0 bridgehead atoms. The highest BCUT2D eigenvalue weighted by atomic mass is 16.1. The quantitative estimate of drug-likeness (QED) is 0.605. The third-order valence-corrected chi connectivity index (χ3v) is 2.78. The molecule has 0 N–H and O–H groups in total. The van der Waals surface area contributed by atoms with Crippen molar-refractivity contribution in [2.24, 2.45) is 5.41 Å². The lowest BCUT2D eigenvalue weighted by molar-refractivity contribution is 0.0811. The summed E-state index contributed by atoms with van der Waals surface area (Å²) in [4.78, 5) is 15.9. The van der Waals surface area contributed by atoms with E-state index in [2.05, 4.69) is 4.98 Å². The van der Waals surface area contributed by atoms with Crippen molar-refractivity contribution in [1.82, 2.24) is 4.98 Å². The molecule has 0 aliphatic heterocycles. The molecule has 1 aromatic heterocycles. The number of carbonyl (C=O) groups is 1. The fourth-order valence-corrected chi connectivity index (χ4v) is 1.77. The second-order valence-corrected chi connectivity index (χ2v) is 4.25. The van der Waals surface area contributed by atoms with Crippen LogP contribution in [0.25, 0.3) is 0 Å². The summed E-state index contributed by atoms with van der Waals surface area (Å²) in [5.74, 6) is 0.260. The molecule has 1 aromatic rings. The van der Waals surface area contributed by atoms with Crippen LogP contribution < -0.4 is 0 Å². The van der Waals surface area contributed by atoms with E-state index in [4.69, 9.17) is 0 Å². The Morgan fingerprint density at radius 3 is 3.00 bits per heavy atom. The van der Waals surface area contributed by atoms with Gasteiger partial charge in [-0.25, -0.2) is 0 Å². The average molecular weight is 175 g/mol. The van der Waals surface area contributed by atoms with Gasteiger partial charge in [-0.2, -0.15) is 0 Å². The van der Waals surface area contributed by atoms with E-state index in [1.165, 1.54) is 0 Å². The topological polar surface area (TPSA) is 30.0 Å². The molecule has 2 nitrogen and oxygen atoms in total. The van der Waals surface area contributed by atoms with Crippen molar-refractivity contribution in [3.05, 3.63) is 29.6 Å². The number of hydrogen-bond acceptors (Lipinski definition) is 2. The molecule has 2 rings (SSSR count). The van der Waals surface area contributed by atoms with Gasteiger partial charge in [0.25, 0.3) is 0 Å². The molecule has 2 heteroatoms. The molecule has 0 spiro atoms. The molecule has 0 radical (unpaired) electrons. The lowest BCUT2D eigenvalue weighted by Gasteiger charge is -2.28. The van der Waals surface area contributed by atoms with Crippen LogP contribution in [0.3, 0.4) is 0 Å². The number of hydrogen-bond donors (Lipinski definition) is 0. The minimum absolute atomic E-state index is 0.186. The smallest absolute Gasteiger partial charge is 0.168 e. The zero-order valence-corrected chi connectivity index (χ0v) is 8.00. The summed E-state index contributed by atoms with van der Waals surface area (Å²) in [7, 11) is 0. The maximum Gasteiger partial charge on any atom is 0.168 e. The molecule has 1 heterocycles. The Labute approximate surface area is 78.0 Å². The van der Waals surface area contributed by atoms with Crippen molar-refractivity contribution in [2.45, 2.75) is 26.7 Å². The molecule has 0 atom stereocenters. The van der Waals surface area contributed by atoms with Crippen LogP contribution in [0.1, 0.15) is 36.2 Å². The Morgan fingerprint density at radius 2 is 2.23 bits per heavy atom. The summed E-state index contributed by atoms with van der Waals surface area (Å²) in [6.07, 6.45) is 5.41. The normalized spacial score (nSPS) is 19.7. The number of aromatic nitrogens is 1. The van der Waals surface area contributed by atoms with Crippen molar-refractivity contribution >= 4 is 5.78 Å². The first kappa shape index (κ1) is 8.42. The van der Waals surface area contributed by atoms with Gasteiger partial charge >= 0.3 is 0 Å². The van der Waals surface area contributed by atoms with E-state index in [-0.39, 0.29) is 11.2 Å². The fraction of sp³-hybridized carbons (Fsp3) is 0.455. The number of aryl methyl sites for hydroxylation is 1. The van der Waals surface area contributed by atoms with Gasteiger partial charge in [0.2, 0.25) is 0 Å². The Morgan fingerprint density at radius 1 is 1.46 bits per heavy atom. The van der Waals surface area contributed by atoms with Crippen molar-refractivity contribution in [1.29, 1.82) is 0 Å². The number of Topliss-reactive ketones (excluding diaryl/α,β-unsaturated/α-hetero) is 1. The zero-order valence-electron chi connectivity index (χ0n) is 8.00. The van der Waals surface area contributed by atoms with Gasteiger partial charge in [0.15, 0.2) is 5.78 Å². The van der Waals surface area contributed by atoms with E-state index in [0.717, 1.165) is 24.0 Å². The molecule has 0 saturated heterocycles. The van der Waals surface area contributed by atoms with E-state index in [9.17, 15) is 4.79 Å². The monoisotopic (exact) mass is 175 g/mol. The van der Waals surface area contributed by atoms with E-state index in [0.29, 0.717) is 0 Å². The first-order chi connectivity index (χ1) is 6.11. The summed E-state index contributed by atoms with van der Waals surface area (Å²) in [5.41, 5.74) is 1.78. The van der Waals surface area contributed by atoms with E-state index < -0.39 is 0 Å². The fourth-order valence-electron chi connectivity index (χ4n) is 1.77. The molecule has 13 heavy (non-hydrogen) atoms. The summed E-state index contributed by atoms with van der Waals surface area (Å²) in [6.45, 7) is 4.03. The van der Waals surface area contributed by atoms with Crippen LogP contribution in [-0.2, 0) is 6.42 Å². The molecule has 0 fully saturated rings. The molecule has 0 saturated carbocycles. The van der Waals surface area contributed by atoms with Crippen LogP contribution in [0.2, 0.25) is 0 Å². The number of pyridine rings is 1. The summed E-state index contributed by atoms with van der Waals surface area (Å²) in [6, 6.07) is 1.83.